The second-order valence-corrected chi connectivity index (χ2v) is 10.5. The van der Waals surface area contributed by atoms with E-state index in [0.29, 0.717) is 0 Å². The predicted molar refractivity (Wildman–Crippen MR) is 145 cm³/mol. The van der Waals surface area contributed by atoms with Crippen LogP contribution < -0.4 is 14.9 Å². The van der Waals surface area contributed by atoms with Crippen molar-refractivity contribution >= 4 is 11.0 Å². The van der Waals surface area contributed by atoms with Gasteiger partial charge in [-0.2, -0.15) is 0 Å². The normalized spacial score (nSPS) is 32.5. The number of aliphatic hydroxyl groups excluding tert-OH is 6. The Morgan fingerprint density at radius 1 is 0.795 bits per heavy atom. The van der Waals surface area contributed by atoms with Crippen LogP contribution >= 0.6 is 0 Å². The summed E-state index contributed by atoms with van der Waals surface area (Å²) in [4.78, 5) is 13.7. The molecule has 44 heavy (non-hydrogen) atoms. The minimum atomic E-state index is -1.94. The molecule has 240 valence electrons. The molecule has 0 saturated carbocycles. The van der Waals surface area contributed by atoms with E-state index in [1.165, 1.54) is 32.2 Å². The highest BCUT2D eigenvalue weighted by molar-refractivity contribution is 5.88. The molecule has 0 unspecified atom stereocenters. The molecule has 2 aliphatic rings. The van der Waals surface area contributed by atoms with E-state index in [0.717, 1.165) is 12.1 Å². The lowest BCUT2D eigenvalue weighted by Gasteiger charge is -2.42. The summed E-state index contributed by atoms with van der Waals surface area (Å²) in [7, 11) is 1.28. The third kappa shape index (κ3) is 5.74. The Bertz CT molecular complexity index is 1560. The molecule has 5 rings (SSSR count). The molecule has 1 aromatic heterocycles. The van der Waals surface area contributed by atoms with Gasteiger partial charge in [-0.05, 0) is 25.1 Å². The second kappa shape index (κ2) is 12.4. The molecule has 16 nitrogen and oxygen atoms in total. The zero-order valence-electron chi connectivity index (χ0n) is 23.3. The number of fused-ring (bicyclic) bond motifs is 1. The third-order valence-corrected chi connectivity index (χ3v) is 7.50. The molecule has 3 aromatic rings. The summed E-state index contributed by atoms with van der Waals surface area (Å²) < 4.78 is 33.2. The van der Waals surface area contributed by atoms with Crippen LogP contribution in [0, 0.1) is 0 Å². The number of ether oxygens (including phenoxy) is 5. The average Bonchev–Trinajstić information content (AvgIpc) is 2.98. The maximum absolute atomic E-state index is 13.7. The number of aliphatic hydroxyl groups is 6. The van der Waals surface area contributed by atoms with Gasteiger partial charge in [-0.15, -0.1) is 0 Å². The molecule has 2 saturated heterocycles. The molecule has 10 atom stereocenters. The maximum Gasteiger partial charge on any atom is 0.239 e. The van der Waals surface area contributed by atoms with Crippen LogP contribution in [-0.2, 0) is 14.2 Å². The maximum atomic E-state index is 13.7. The van der Waals surface area contributed by atoms with E-state index >= 15 is 0 Å². The Labute approximate surface area is 248 Å². The molecule has 2 aromatic carbocycles. The van der Waals surface area contributed by atoms with Gasteiger partial charge in [0, 0.05) is 17.7 Å². The molecule has 0 radical (unpaired) electrons. The van der Waals surface area contributed by atoms with Gasteiger partial charge in [0.15, 0.2) is 23.5 Å². The van der Waals surface area contributed by atoms with Crippen molar-refractivity contribution in [2.75, 3.05) is 13.7 Å². The van der Waals surface area contributed by atoms with Crippen molar-refractivity contribution in [1.29, 1.82) is 0 Å². The topological polar surface area (TPSA) is 258 Å². The molecule has 2 aliphatic heterocycles. The lowest BCUT2D eigenvalue weighted by Crippen LogP contribution is -2.61. The zero-order chi connectivity index (χ0) is 32.0. The summed E-state index contributed by atoms with van der Waals surface area (Å²) in [5.74, 6) is -2.28. The van der Waals surface area contributed by atoms with Crippen molar-refractivity contribution in [3.8, 4) is 40.1 Å². The van der Waals surface area contributed by atoms with Crippen LogP contribution in [0.15, 0.2) is 39.5 Å². The van der Waals surface area contributed by atoms with Crippen LogP contribution in [0.25, 0.3) is 22.3 Å². The fourth-order valence-corrected chi connectivity index (χ4v) is 4.99. The lowest BCUT2D eigenvalue weighted by atomic mass is 9.98. The minimum absolute atomic E-state index is 0.0151. The number of aromatic hydroxyl groups is 3. The first-order chi connectivity index (χ1) is 20.8. The molecule has 16 heteroatoms. The van der Waals surface area contributed by atoms with Crippen LogP contribution in [-0.4, -0.2) is 121 Å². The van der Waals surface area contributed by atoms with E-state index in [9.17, 15) is 50.8 Å². The Balaban J connectivity index is 1.49. The summed E-state index contributed by atoms with van der Waals surface area (Å²) in [6.07, 6.45) is -16.0. The molecular formula is C28H32O16. The van der Waals surface area contributed by atoms with Crippen molar-refractivity contribution in [3.05, 3.63) is 40.6 Å². The van der Waals surface area contributed by atoms with Gasteiger partial charge >= 0.3 is 0 Å². The molecule has 0 spiro atoms. The number of hydrogen-bond donors (Lipinski definition) is 9. The van der Waals surface area contributed by atoms with Gasteiger partial charge in [0.05, 0.1) is 19.8 Å². The van der Waals surface area contributed by atoms with E-state index in [1.54, 1.807) is 0 Å². The first-order valence-corrected chi connectivity index (χ1v) is 13.4. The van der Waals surface area contributed by atoms with Crippen molar-refractivity contribution in [1.82, 2.24) is 0 Å². The summed E-state index contributed by atoms with van der Waals surface area (Å²) in [6, 6.07) is 5.83. The zero-order valence-corrected chi connectivity index (χ0v) is 23.3. The molecule has 9 N–H and O–H groups in total. The molecule has 0 amide bonds. The molecule has 0 bridgehead atoms. The highest BCUT2D eigenvalue weighted by atomic mass is 16.7. The smallest absolute Gasteiger partial charge is 0.239 e. The number of phenols is 3. The second-order valence-electron chi connectivity index (χ2n) is 10.5. The number of rotatable bonds is 7. The Hall–Kier alpha value is -3.71. The minimum Gasteiger partial charge on any atom is -0.508 e. The van der Waals surface area contributed by atoms with E-state index in [1.807, 2.05) is 0 Å². The van der Waals surface area contributed by atoms with Crippen molar-refractivity contribution in [2.24, 2.45) is 0 Å². The van der Waals surface area contributed by atoms with E-state index in [4.69, 9.17) is 28.1 Å². The summed E-state index contributed by atoms with van der Waals surface area (Å²) in [6.45, 7) is 0.845. The monoisotopic (exact) mass is 624 g/mol. The number of hydrogen-bond acceptors (Lipinski definition) is 16. The van der Waals surface area contributed by atoms with Gasteiger partial charge < -0.3 is 74.1 Å². The number of methoxy groups -OCH3 is 1. The standard InChI is InChI=1S/C28H32O16/c1-9-18(32)21(35)23(37)27(41-9)40-8-16-19(33)22(36)24(38)28(43-16)44-26-20(34)17-13(31)6-11(29)7-15(17)42-25(26)10-3-4-12(30)14(5-10)39-2/h3-7,9,16,18-19,21-24,27-33,35-38H,8H2,1-2H3/t9-,16+,18+,19+,21-,22+,23-,24+,27+,28-/m0/s1. The van der Waals surface area contributed by atoms with Crippen LogP contribution in [0.5, 0.6) is 28.7 Å². The Morgan fingerprint density at radius 2 is 1.48 bits per heavy atom. The van der Waals surface area contributed by atoms with Crippen LogP contribution in [0.3, 0.4) is 0 Å². The molecule has 2 fully saturated rings. The predicted octanol–water partition coefficient (Wildman–Crippen LogP) is -1.38. The van der Waals surface area contributed by atoms with Crippen molar-refractivity contribution in [3.63, 3.8) is 0 Å². The quantitative estimate of drug-likeness (QED) is 0.147. The van der Waals surface area contributed by atoms with Crippen LogP contribution in [0.1, 0.15) is 6.92 Å². The number of benzene rings is 2. The summed E-state index contributed by atoms with van der Waals surface area (Å²) in [5, 5.41) is 92.1. The fraction of sp³-hybridized carbons (Fsp3) is 0.464. The molecule has 3 heterocycles. The Morgan fingerprint density at radius 3 is 2.18 bits per heavy atom. The van der Waals surface area contributed by atoms with Gasteiger partial charge in [-0.1, -0.05) is 0 Å². The van der Waals surface area contributed by atoms with Gasteiger partial charge in [-0.3, -0.25) is 4.79 Å². The first-order valence-electron chi connectivity index (χ1n) is 13.4. The van der Waals surface area contributed by atoms with Gasteiger partial charge in [0.2, 0.25) is 17.5 Å². The van der Waals surface area contributed by atoms with E-state index < -0.39 is 96.1 Å². The third-order valence-electron chi connectivity index (χ3n) is 7.50. The number of phenolic OH excluding ortho intramolecular Hbond substituents is 3. The van der Waals surface area contributed by atoms with Gasteiger partial charge in [0.25, 0.3) is 0 Å². The highest BCUT2D eigenvalue weighted by Crippen LogP contribution is 2.39. The SMILES string of the molecule is COc1cc(-c2oc3cc(O)cc(O)c3c(=O)c2O[C@@H]2O[C@H](CO[C@@H]3O[C@@H](C)[C@@H](O)[C@H](O)[C@@H]3O)[C@@H](O)[C@@H](O)[C@H]2O)ccc1O. The van der Waals surface area contributed by atoms with Gasteiger partial charge in [0.1, 0.15) is 65.2 Å². The van der Waals surface area contributed by atoms with Crippen molar-refractivity contribution in [2.45, 2.75) is 68.3 Å². The fourth-order valence-electron chi connectivity index (χ4n) is 4.99. The van der Waals surface area contributed by atoms with Gasteiger partial charge in [-0.25, -0.2) is 0 Å². The molecule has 0 aliphatic carbocycles. The van der Waals surface area contributed by atoms with Crippen LogP contribution in [0.4, 0.5) is 0 Å². The lowest BCUT2D eigenvalue weighted by molar-refractivity contribution is -0.318. The van der Waals surface area contributed by atoms with Crippen LogP contribution in [0.2, 0.25) is 0 Å². The largest absolute Gasteiger partial charge is 0.508 e. The summed E-state index contributed by atoms with van der Waals surface area (Å²) >= 11 is 0. The molecular weight excluding hydrogens is 592 g/mol. The first kappa shape index (κ1) is 31.7. The average molecular weight is 625 g/mol. The van der Waals surface area contributed by atoms with E-state index in [2.05, 4.69) is 0 Å². The summed E-state index contributed by atoms with van der Waals surface area (Å²) in [5.41, 5.74) is -1.11. The van der Waals surface area contributed by atoms with E-state index in [-0.39, 0.29) is 28.4 Å². The van der Waals surface area contributed by atoms with Crippen molar-refractivity contribution < 1.29 is 74.1 Å². The highest BCUT2D eigenvalue weighted by Gasteiger charge is 2.47. The Kier molecular flexibility index (Phi) is 8.90.